The Morgan fingerprint density at radius 2 is 0.929 bits per heavy atom. The smallest absolute Gasteiger partial charge is 0.0710 e. The highest BCUT2D eigenvalue weighted by Crippen LogP contribution is 2.42. The lowest BCUT2D eigenvalue weighted by Crippen LogP contribution is -2.04. The maximum Gasteiger partial charge on any atom is 0.0710 e. The molecule has 0 fully saturated rings. The van der Waals surface area contributed by atoms with Crippen LogP contribution in [-0.2, 0) is 0 Å². The topological polar surface area (TPSA) is 24.1 Å². The van der Waals surface area contributed by atoms with Crippen molar-refractivity contribution in [2.24, 2.45) is 0 Å². The van der Waals surface area contributed by atoms with Crippen LogP contribution in [0, 0.1) is 13.8 Å². The van der Waals surface area contributed by atoms with Crippen molar-refractivity contribution in [1.29, 1.82) is 0 Å². The molecular weight excluding hydrogens is 340 g/mol. The summed E-state index contributed by atoms with van der Waals surface area (Å²) < 4.78 is 0. The summed E-state index contributed by atoms with van der Waals surface area (Å²) >= 11 is 0. The van der Waals surface area contributed by atoms with Crippen molar-refractivity contribution in [2.45, 2.75) is 13.8 Å². The van der Waals surface area contributed by atoms with Gasteiger partial charge in [-0.15, -0.1) is 0 Å². The molecule has 0 saturated heterocycles. The molecule has 1 aliphatic carbocycles. The highest BCUT2D eigenvalue weighted by atomic mass is 15.0. The molecule has 0 saturated carbocycles. The molecule has 0 amide bonds. The largest absolute Gasteiger partial charge is 0.353 e. The Kier molecular flexibility index (Phi) is 3.91. The van der Waals surface area contributed by atoms with Gasteiger partial charge in [0.05, 0.1) is 11.4 Å². The predicted octanol–water partition coefficient (Wildman–Crippen LogP) is 6.82. The van der Waals surface area contributed by atoms with Crippen molar-refractivity contribution in [3.63, 3.8) is 0 Å². The zero-order valence-electron chi connectivity index (χ0n) is 16.1. The second kappa shape index (κ2) is 6.58. The van der Waals surface area contributed by atoms with E-state index in [1.54, 1.807) is 0 Å². The first-order chi connectivity index (χ1) is 13.7. The molecule has 0 aromatic heterocycles. The Balaban J connectivity index is 1.65. The average molecular weight is 362 g/mol. The molecule has 0 aliphatic heterocycles. The summed E-state index contributed by atoms with van der Waals surface area (Å²) in [4.78, 5) is 0. The Labute approximate surface area is 165 Å². The van der Waals surface area contributed by atoms with Crippen LogP contribution < -0.4 is 10.6 Å². The van der Waals surface area contributed by atoms with Crippen molar-refractivity contribution < 1.29 is 0 Å². The highest BCUT2D eigenvalue weighted by molar-refractivity contribution is 6.17. The van der Waals surface area contributed by atoms with Crippen LogP contribution in [0.4, 0.5) is 11.4 Å². The Bertz CT molecular complexity index is 1110. The molecule has 1 aliphatic rings. The Hall–Kier alpha value is -3.52. The van der Waals surface area contributed by atoms with Crippen LogP contribution in [0.15, 0.2) is 84.9 Å². The van der Waals surface area contributed by atoms with Crippen LogP contribution in [0.25, 0.3) is 22.2 Å². The van der Waals surface area contributed by atoms with Gasteiger partial charge in [-0.1, -0.05) is 71.8 Å². The van der Waals surface area contributed by atoms with E-state index in [4.69, 9.17) is 0 Å². The van der Waals surface area contributed by atoms with Crippen LogP contribution in [0.2, 0.25) is 0 Å². The molecular formula is C26H22N2. The zero-order chi connectivity index (χ0) is 19.1. The second-order valence-corrected chi connectivity index (χ2v) is 7.44. The van der Waals surface area contributed by atoms with Gasteiger partial charge in [0, 0.05) is 27.9 Å². The molecule has 2 heteroatoms. The molecule has 4 aromatic carbocycles. The van der Waals surface area contributed by atoms with Crippen molar-refractivity contribution in [3.8, 4) is 0 Å². The third-order valence-electron chi connectivity index (χ3n) is 5.34. The first-order valence-corrected chi connectivity index (χ1v) is 9.63. The van der Waals surface area contributed by atoms with Crippen LogP contribution in [-0.4, -0.2) is 0 Å². The molecule has 0 atom stereocenters. The van der Waals surface area contributed by atoms with E-state index in [1.807, 2.05) is 0 Å². The van der Waals surface area contributed by atoms with Crippen molar-refractivity contribution in [3.05, 3.63) is 107 Å². The minimum absolute atomic E-state index is 1.09. The fourth-order valence-corrected chi connectivity index (χ4v) is 3.85. The van der Waals surface area contributed by atoms with Crippen LogP contribution in [0.3, 0.4) is 0 Å². The number of hydrogen-bond donors (Lipinski definition) is 2. The maximum absolute atomic E-state index is 3.67. The van der Waals surface area contributed by atoms with Crippen molar-refractivity contribution >= 4 is 33.5 Å². The number of aryl methyl sites for hydroxylation is 2. The van der Waals surface area contributed by atoms with E-state index >= 15 is 0 Å². The molecule has 2 N–H and O–H groups in total. The molecule has 0 spiro atoms. The fourth-order valence-electron chi connectivity index (χ4n) is 3.85. The number of anilines is 2. The summed E-state index contributed by atoms with van der Waals surface area (Å²) in [5, 5.41) is 9.91. The monoisotopic (exact) mass is 362 g/mol. The molecule has 4 aromatic rings. The minimum atomic E-state index is 1.09. The highest BCUT2D eigenvalue weighted by Gasteiger charge is 2.24. The van der Waals surface area contributed by atoms with Gasteiger partial charge < -0.3 is 10.6 Å². The molecule has 5 rings (SSSR count). The van der Waals surface area contributed by atoms with Crippen LogP contribution in [0.1, 0.15) is 22.3 Å². The lowest BCUT2D eigenvalue weighted by atomic mass is 10.0. The summed E-state index contributed by atoms with van der Waals surface area (Å²) in [7, 11) is 0. The maximum atomic E-state index is 3.67. The molecule has 0 heterocycles. The molecule has 0 radical (unpaired) electrons. The van der Waals surface area contributed by atoms with Gasteiger partial charge in [-0.3, -0.25) is 0 Å². The summed E-state index contributed by atoms with van der Waals surface area (Å²) in [6.07, 6.45) is 0. The summed E-state index contributed by atoms with van der Waals surface area (Å²) in [5.74, 6) is 0. The number of rotatable bonds is 4. The molecule has 0 unspecified atom stereocenters. The van der Waals surface area contributed by atoms with Gasteiger partial charge in [-0.2, -0.15) is 0 Å². The van der Waals surface area contributed by atoms with E-state index in [0.29, 0.717) is 0 Å². The standard InChI is InChI=1S/C26H22N2/c1-17-9-13-20(14-10-17)27-25-22-7-3-5-19-6-4-8-23(24(19)22)26(25)28-21-15-11-18(2)12-16-21/h3-16,27-28H,1-2H3. The summed E-state index contributed by atoms with van der Waals surface area (Å²) in [5.41, 5.74) is 9.42. The Morgan fingerprint density at radius 1 is 0.500 bits per heavy atom. The quantitative estimate of drug-likeness (QED) is 0.416. The number of hydrogen-bond acceptors (Lipinski definition) is 2. The molecule has 0 bridgehead atoms. The Morgan fingerprint density at radius 3 is 1.36 bits per heavy atom. The first-order valence-electron chi connectivity index (χ1n) is 9.63. The van der Waals surface area contributed by atoms with Crippen molar-refractivity contribution in [2.75, 3.05) is 10.6 Å². The van der Waals surface area contributed by atoms with Gasteiger partial charge in [0.2, 0.25) is 0 Å². The van der Waals surface area contributed by atoms with E-state index in [-0.39, 0.29) is 0 Å². The predicted molar refractivity (Wildman–Crippen MR) is 120 cm³/mol. The fraction of sp³-hybridized carbons (Fsp3) is 0.0769. The van der Waals surface area contributed by atoms with Gasteiger partial charge in [0.1, 0.15) is 0 Å². The van der Waals surface area contributed by atoms with Crippen molar-refractivity contribution in [1.82, 2.24) is 0 Å². The molecule has 28 heavy (non-hydrogen) atoms. The van der Waals surface area contributed by atoms with E-state index < -0.39 is 0 Å². The number of benzene rings is 4. The van der Waals surface area contributed by atoms with E-state index in [2.05, 4.69) is 109 Å². The van der Waals surface area contributed by atoms with Gasteiger partial charge in [0.15, 0.2) is 0 Å². The average Bonchev–Trinajstić information content (AvgIpc) is 3.01. The minimum Gasteiger partial charge on any atom is -0.353 e. The summed E-state index contributed by atoms with van der Waals surface area (Å²) in [6, 6.07) is 30.1. The first kappa shape index (κ1) is 16.6. The van der Waals surface area contributed by atoms with E-state index in [0.717, 1.165) is 22.8 Å². The lowest BCUT2D eigenvalue weighted by molar-refractivity contribution is 1.45. The van der Waals surface area contributed by atoms with Crippen LogP contribution >= 0.6 is 0 Å². The third-order valence-corrected chi connectivity index (χ3v) is 5.34. The third kappa shape index (κ3) is 2.84. The van der Waals surface area contributed by atoms with Crippen LogP contribution in [0.5, 0.6) is 0 Å². The van der Waals surface area contributed by atoms with Gasteiger partial charge in [0.25, 0.3) is 0 Å². The molecule has 2 nitrogen and oxygen atoms in total. The zero-order valence-corrected chi connectivity index (χ0v) is 16.1. The second-order valence-electron chi connectivity index (χ2n) is 7.44. The lowest BCUT2D eigenvalue weighted by Gasteiger charge is -2.15. The van der Waals surface area contributed by atoms with E-state index in [9.17, 15) is 0 Å². The normalized spacial score (nSPS) is 12.5. The van der Waals surface area contributed by atoms with E-state index in [1.165, 1.54) is 33.0 Å². The SMILES string of the molecule is Cc1ccc(NC2=C(Nc3ccc(C)cc3)c3cccc4cccc2c34)cc1. The van der Waals surface area contributed by atoms with Gasteiger partial charge in [-0.25, -0.2) is 0 Å². The number of nitrogens with one attached hydrogen (secondary N) is 2. The molecule has 136 valence electrons. The summed E-state index contributed by atoms with van der Waals surface area (Å²) in [6.45, 7) is 4.22. The van der Waals surface area contributed by atoms with Gasteiger partial charge in [-0.05, 0) is 43.5 Å². The van der Waals surface area contributed by atoms with Gasteiger partial charge >= 0.3 is 0 Å².